The Labute approximate surface area is 144 Å². The first-order chi connectivity index (χ1) is 11.5. The van der Waals surface area contributed by atoms with Gasteiger partial charge in [-0.2, -0.15) is 13.2 Å². The molecule has 1 heterocycles. The van der Waals surface area contributed by atoms with Gasteiger partial charge in [0.25, 0.3) is 0 Å². The summed E-state index contributed by atoms with van der Waals surface area (Å²) in [7, 11) is 0. The van der Waals surface area contributed by atoms with Gasteiger partial charge < -0.3 is 9.87 Å². The number of alkyl halides is 3. The molecule has 2 aromatic carbocycles. The summed E-state index contributed by atoms with van der Waals surface area (Å²) in [4.78, 5) is 5.07. The Hall–Kier alpha value is -2.03. The third kappa shape index (κ3) is 3.89. The van der Waals surface area contributed by atoms with Crippen molar-refractivity contribution in [1.82, 2.24) is 4.98 Å². The van der Waals surface area contributed by atoms with Crippen LogP contribution in [0, 0.1) is 0 Å². The van der Waals surface area contributed by atoms with Crippen LogP contribution in [0.4, 0.5) is 24.0 Å². The summed E-state index contributed by atoms with van der Waals surface area (Å²) in [6.07, 6.45) is -4.38. The van der Waals surface area contributed by atoms with E-state index in [2.05, 4.69) is 10.3 Å². The van der Waals surface area contributed by atoms with Gasteiger partial charge in [-0.15, -0.1) is 11.3 Å². The molecule has 3 rings (SSSR count). The van der Waals surface area contributed by atoms with Crippen molar-refractivity contribution in [3.63, 3.8) is 0 Å². The lowest BCUT2D eigenvalue weighted by atomic mass is 10.2. The highest BCUT2D eigenvalue weighted by Gasteiger charge is 2.30. The zero-order chi connectivity index (χ0) is 17.2. The molecule has 0 spiro atoms. The van der Waals surface area contributed by atoms with Crippen molar-refractivity contribution in [2.45, 2.75) is 11.1 Å². The molecule has 0 aliphatic rings. The molecular formula is C16H11F3N2OS2. The highest BCUT2D eigenvalue weighted by Crippen LogP contribution is 2.33. The van der Waals surface area contributed by atoms with Gasteiger partial charge in [0.1, 0.15) is 0 Å². The number of benzene rings is 2. The molecule has 3 aromatic rings. The standard InChI is InChI=1S/C16H11F3N2OS2/c17-16(18,19)11-4-2-5-12(8-11)20-15-21-14(9-23-15)10-3-1-6-13(7-10)24-22/h1-9,22H,(H,20,21). The smallest absolute Gasteiger partial charge is 0.332 e. The molecule has 24 heavy (non-hydrogen) atoms. The zero-order valence-electron chi connectivity index (χ0n) is 12.0. The monoisotopic (exact) mass is 368 g/mol. The van der Waals surface area contributed by atoms with E-state index in [4.69, 9.17) is 4.55 Å². The normalized spacial score (nSPS) is 11.5. The van der Waals surface area contributed by atoms with Crippen LogP contribution in [0.3, 0.4) is 0 Å². The molecule has 0 bridgehead atoms. The minimum Gasteiger partial charge on any atom is -0.332 e. The number of hydrogen-bond donors (Lipinski definition) is 2. The molecule has 1 aromatic heterocycles. The molecule has 0 saturated carbocycles. The number of anilines is 2. The van der Waals surface area contributed by atoms with Crippen LogP contribution in [-0.4, -0.2) is 9.54 Å². The fraction of sp³-hybridized carbons (Fsp3) is 0.0625. The molecule has 2 N–H and O–H groups in total. The van der Waals surface area contributed by atoms with Crippen molar-refractivity contribution in [1.29, 1.82) is 0 Å². The Balaban J connectivity index is 1.81. The highest BCUT2D eigenvalue weighted by molar-refractivity contribution is 7.93. The molecule has 0 aliphatic heterocycles. The first-order valence-corrected chi connectivity index (χ1v) is 8.43. The summed E-state index contributed by atoms with van der Waals surface area (Å²) in [6.45, 7) is 0. The Morgan fingerprint density at radius 2 is 1.88 bits per heavy atom. The Kier molecular flexibility index (Phi) is 4.79. The van der Waals surface area contributed by atoms with Crippen LogP contribution in [0.5, 0.6) is 0 Å². The number of halogens is 3. The van der Waals surface area contributed by atoms with Gasteiger partial charge in [0.15, 0.2) is 5.13 Å². The van der Waals surface area contributed by atoms with Gasteiger partial charge in [-0.25, -0.2) is 4.98 Å². The zero-order valence-corrected chi connectivity index (χ0v) is 13.7. The van der Waals surface area contributed by atoms with E-state index in [1.807, 2.05) is 6.07 Å². The summed E-state index contributed by atoms with van der Waals surface area (Å²) in [6, 6.07) is 12.2. The van der Waals surface area contributed by atoms with Crippen molar-refractivity contribution in [3.8, 4) is 11.3 Å². The Morgan fingerprint density at radius 3 is 2.62 bits per heavy atom. The van der Waals surface area contributed by atoms with Crippen LogP contribution < -0.4 is 5.32 Å². The molecule has 8 heteroatoms. The SMILES string of the molecule is OSc1cccc(-c2csc(Nc3cccc(C(F)(F)F)c3)n2)c1. The Morgan fingerprint density at radius 1 is 1.08 bits per heavy atom. The van der Waals surface area contributed by atoms with E-state index in [1.165, 1.54) is 17.4 Å². The lowest BCUT2D eigenvalue weighted by Crippen LogP contribution is -2.05. The average Bonchev–Trinajstić information content (AvgIpc) is 3.03. The summed E-state index contributed by atoms with van der Waals surface area (Å²) in [5, 5.41) is 5.18. The van der Waals surface area contributed by atoms with E-state index < -0.39 is 11.7 Å². The van der Waals surface area contributed by atoms with Crippen LogP contribution in [-0.2, 0) is 6.18 Å². The molecule has 0 amide bonds. The van der Waals surface area contributed by atoms with Crippen LogP contribution in [0.2, 0.25) is 0 Å². The van der Waals surface area contributed by atoms with Crippen LogP contribution in [0.25, 0.3) is 11.3 Å². The molecule has 0 aliphatic carbocycles. The number of nitrogens with zero attached hydrogens (tertiary/aromatic N) is 1. The van der Waals surface area contributed by atoms with Gasteiger partial charge in [0.2, 0.25) is 0 Å². The topological polar surface area (TPSA) is 45.1 Å². The summed E-state index contributed by atoms with van der Waals surface area (Å²) in [5.41, 5.74) is 1.12. The largest absolute Gasteiger partial charge is 0.416 e. The summed E-state index contributed by atoms with van der Waals surface area (Å²) < 4.78 is 47.3. The highest BCUT2D eigenvalue weighted by atomic mass is 32.2. The second-order valence-corrected chi connectivity index (χ2v) is 6.37. The van der Waals surface area contributed by atoms with Crippen LogP contribution in [0.1, 0.15) is 5.56 Å². The van der Waals surface area contributed by atoms with Crippen LogP contribution >= 0.6 is 23.4 Å². The van der Waals surface area contributed by atoms with Crippen molar-refractivity contribution < 1.29 is 17.7 Å². The number of rotatable bonds is 4. The first-order valence-electron chi connectivity index (χ1n) is 6.77. The summed E-state index contributed by atoms with van der Waals surface area (Å²) in [5.74, 6) is 0. The van der Waals surface area contributed by atoms with Crippen molar-refractivity contribution in [3.05, 3.63) is 59.5 Å². The third-order valence-electron chi connectivity index (χ3n) is 3.18. The number of thiazole rings is 1. The van der Waals surface area contributed by atoms with Crippen LogP contribution in [0.15, 0.2) is 58.8 Å². The number of nitrogens with one attached hydrogen (secondary N) is 1. The molecule has 0 fully saturated rings. The maximum atomic E-state index is 12.7. The van der Waals surface area contributed by atoms with Crippen molar-refractivity contribution >= 4 is 34.2 Å². The molecule has 0 saturated heterocycles. The fourth-order valence-electron chi connectivity index (χ4n) is 2.07. The molecule has 0 atom stereocenters. The molecule has 124 valence electrons. The van der Waals surface area contributed by atoms with Gasteiger partial charge >= 0.3 is 6.18 Å². The number of hydrogen-bond acceptors (Lipinski definition) is 5. The van der Waals surface area contributed by atoms with Gasteiger partial charge in [-0.05, 0) is 30.3 Å². The van der Waals surface area contributed by atoms with Gasteiger partial charge in [0.05, 0.1) is 11.3 Å². The average molecular weight is 368 g/mol. The van der Waals surface area contributed by atoms with Gasteiger partial charge in [-0.1, -0.05) is 18.2 Å². The Bertz CT molecular complexity index is 849. The van der Waals surface area contributed by atoms with E-state index >= 15 is 0 Å². The van der Waals surface area contributed by atoms with E-state index in [1.54, 1.807) is 29.6 Å². The fourth-order valence-corrected chi connectivity index (χ4v) is 3.13. The summed E-state index contributed by atoms with van der Waals surface area (Å²) >= 11 is 1.94. The maximum absolute atomic E-state index is 12.7. The van der Waals surface area contributed by atoms with E-state index in [9.17, 15) is 13.2 Å². The minimum absolute atomic E-state index is 0.324. The van der Waals surface area contributed by atoms with Gasteiger partial charge in [-0.3, -0.25) is 0 Å². The van der Waals surface area contributed by atoms with Gasteiger partial charge in [0, 0.05) is 33.6 Å². The van der Waals surface area contributed by atoms with Crippen molar-refractivity contribution in [2.24, 2.45) is 0 Å². The molecule has 3 nitrogen and oxygen atoms in total. The third-order valence-corrected chi connectivity index (χ3v) is 4.40. The molecular weight excluding hydrogens is 357 g/mol. The minimum atomic E-state index is -4.38. The van der Waals surface area contributed by atoms with E-state index in [0.29, 0.717) is 33.5 Å². The van der Waals surface area contributed by atoms with Crippen molar-refractivity contribution in [2.75, 3.05) is 5.32 Å². The predicted molar refractivity (Wildman–Crippen MR) is 90.8 cm³/mol. The quantitative estimate of drug-likeness (QED) is 0.543. The lowest BCUT2D eigenvalue weighted by Gasteiger charge is -2.08. The van der Waals surface area contributed by atoms with E-state index in [0.717, 1.165) is 17.7 Å². The number of aromatic nitrogens is 1. The lowest BCUT2D eigenvalue weighted by molar-refractivity contribution is -0.137. The molecule has 0 radical (unpaired) electrons. The second kappa shape index (κ2) is 6.84. The predicted octanol–water partition coefficient (Wildman–Crippen LogP) is 6.14. The first kappa shape index (κ1) is 16.8. The molecule has 0 unspecified atom stereocenters. The maximum Gasteiger partial charge on any atom is 0.416 e. The van der Waals surface area contributed by atoms with E-state index in [-0.39, 0.29) is 0 Å². The second-order valence-electron chi connectivity index (χ2n) is 4.86.